The Morgan fingerprint density at radius 2 is 1.77 bits per heavy atom. The molecule has 3 aliphatic rings. The Kier molecular flexibility index (Phi) is 6.50. The summed E-state index contributed by atoms with van der Waals surface area (Å²) in [7, 11) is 1.41. The Labute approximate surface area is 225 Å². The molecule has 3 fully saturated rings. The van der Waals surface area contributed by atoms with Crippen LogP contribution in [0.25, 0.3) is 0 Å². The highest BCUT2D eigenvalue weighted by molar-refractivity contribution is 6.54. The summed E-state index contributed by atoms with van der Waals surface area (Å²) in [6.07, 6.45) is 1.30. The van der Waals surface area contributed by atoms with Crippen LogP contribution in [-0.2, 0) is 19.1 Å². The second-order valence-corrected chi connectivity index (χ2v) is 10.6. The first kappa shape index (κ1) is 26.5. The number of nitrogens with zero attached hydrogens (tertiary/aromatic N) is 3. The number of nitrogens with two attached hydrogens (primary N) is 1. The molecule has 0 aromatic heterocycles. The molecule has 2 saturated heterocycles. The number of anilines is 2. The number of hydrogen-bond acceptors (Lipinski definition) is 7. The van der Waals surface area contributed by atoms with Crippen LogP contribution in [0.5, 0.6) is 5.75 Å². The molecule has 2 heterocycles. The van der Waals surface area contributed by atoms with Gasteiger partial charge in [0.1, 0.15) is 22.8 Å². The average Bonchev–Trinajstić information content (AvgIpc) is 3.68. The highest BCUT2D eigenvalue weighted by Crippen LogP contribution is 2.56. The number of ether oxygens (including phenoxy) is 2. The lowest BCUT2D eigenvalue weighted by atomic mass is 9.76. The lowest BCUT2D eigenvalue weighted by Crippen LogP contribution is -2.56. The maximum Gasteiger partial charge on any atom is 0.273 e. The number of primary amides is 1. The highest BCUT2D eigenvalue weighted by atomic mass is 19.1. The van der Waals surface area contributed by atoms with Crippen LogP contribution in [0.2, 0.25) is 0 Å². The molecule has 3 N–H and O–H groups in total. The van der Waals surface area contributed by atoms with E-state index in [0.29, 0.717) is 37.4 Å². The number of methoxy groups -OCH3 is 1. The van der Waals surface area contributed by atoms with Crippen LogP contribution in [-0.4, -0.2) is 61.6 Å². The van der Waals surface area contributed by atoms with Gasteiger partial charge in [-0.2, -0.15) is 0 Å². The van der Waals surface area contributed by atoms with Gasteiger partial charge in [0, 0.05) is 35.9 Å². The van der Waals surface area contributed by atoms with E-state index < -0.39 is 40.3 Å². The van der Waals surface area contributed by atoms with Gasteiger partial charge in [0.15, 0.2) is 5.82 Å². The van der Waals surface area contributed by atoms with E-state index in [4.69, 9.17) is 20.6 Å². The van der Waals surface area contributed by atoms with Crippen molar-refractivity contribution in [2.45, 2.75) is 32.3 Å². The van der Waals surface area contributed by atoms with Crippen molar-refractivity contribution in [2.24, 2.45) is 22.1 Å². The molecule has 1 saturated carbocycles. The van der Waals surface area contributed by atoms with Crippen LogP contribution < -0.4 is 20.3 Å². The van der Waals surface area contributed by atoms with Crippen LogP contribution in [0.1, 0.15) is 26.7 Å². The van der Waals surface area contributed by atoms with Crippen molar-refractivity contribution in [1.29, 1.82) is 5.41 Å². The summed E-state index contributed by atoms with van der Waals surface area (Å²) in [6.45, 7) is 4.52. The lowest BCUT2D eigenvalue weighted by Gasteiger charge is -2.40. The van der Waals surface area contributed by atoms with Crippen LogP contribution >= 0.6 is 0 Å². The first-order valence-corrected chi connectivity index (χ1v) is 12.7. The minimum Gasteiger partial charge on any atom is -0.497 e. The Bertz CT molecular complexity index is 1400. The maximum absolute atomic E-state index is 14.8. The minimum absolute atomic E-state index is 0.108. The number of piperidine rings is 1. The summed E-state index contributed by atoms with van der Waals surface area (Å²) in [5, 5.41) is 8.41. The third kappa shape index (κ3) is 4.67. The number of amides is 3. The number of rotatable bonds is 6. The third-order valence-electron chi connectivity index (χ3n) is 7.68. The second-order valence-electron chi connectivity index (χ2n) is 10.6. The van der Waals surface area contributed by atoms with Gasteiger partial charge < -0.3 is 25.0 Å². The smallest absolute Gasteiger partial charge is 0.273 e. The zero-order valence-corrected chi connectivity index (χ0v) is 22.0. The molecule has 1 spiro atoms. The van der Waals surface area contributed by atoms with Gasteiger partial charge in [-0.05, 0) is 63.1 Å². The van der Waals surface area contributed by atoms with E-state index in [9.17, 15) is 18.8 Å². The summed E-state index contributed by atoms with van der Waals surface area (Å²) in [4.78, 5) is 46.3. The number of morpholine rings is 1. The quantitative estimate of drug-likeness (QED) is 0.548. The largest absolute Gasteiger partial charge is 0.497 e. The van der Waals surface area contributed by atoms with Crippen molar-refractivity contribution < 1.29 is 28.2 Å². The molecule has 2 aromatic rings. The summed E-state index contributed by atoms with van der Waals surface area (Å²) in [5.74, 6) is -3.02. The van der Waals surface area contributed by atoms with Crippen molar-refractivity contribution >= 4 is 46.2 Å². The molecule has 39 heavy (non-hydrogen) atoms. The molecule has 1 aliphatic carbocycles. The Balaban J connectivity index is 1.52. The third-order valence-corrected chi connectivity index (χ3v) is 7.68. The molecule has 204 valence electrons. The SMILES string of the molecule is COc1ccc(N=C2C(=O)N(c3ccc(N4CCOC(C)(C)C4=O)cc3)CC3(CC3)C2C(=N)C(N)=O)c(F)c1. The number of halogens is 1. The molecule has 0 radical (unpaired) electrons. The fourth-order valence-electron chi connectivity index (χ4n) is 5.32. The van der Waals surface area contributed by atoms with Crippen LogP contribution in [0, 0.1) is 22.6 Å². The zero-order valence-electron chi connectivity index (χ0n) is 22.0. The van der Waals surface area contributed by atoms with Gasteiger partial charge in [-0.3, -0.25) is 19.8 Å². The second kappa shape index (κ2) is 9.57. The molecule has 2 aromatic carbocycles. The van der Waals surface area contributed by atoms with Gasteiger partial charge >= 0.3 is 0 Å². The van der Waals surface area contributed by atoms with Crippen molar-refractivity contribution in [3.05, 3.63) is 48.3 Å². The van der Waals surface area contributed by atoms with Crippen LogP contribution in [0.4, 0.5) is 21.5 Å². The molecule has 5 rings (SSSR count). The molecule has 1 atom stereocenters. The number of carbonyl (C=O) groups excluding carboxylic acids is 3. The maximum atomic E-state index is 14.8. The predicted molar refractivity (Wildman–Crippen MR) is 143 cm³/mol. The lowest BCUT2D eigenvalue weighted by molar-refractivity contribution is -0.144. The zero-order chi connectivity index (χ0) is 28.1. The first-order valence-electron chi connectivity index (χ1n) is 12.7. The molecule has 2 aliphatic heterocycles. The van der Waals surface area contributed by atoms with E-state index >= 15 is 0 Å². The monoisotopic (exact) mass is 535 g/mol. The first-order chi connectivity index (χ1) is 18.5. The molecular weight excluding hydrogens is 505 g/mol. The number of aliphatic imine (C=N–C) groups is 1. The average molecular weight is 536 g/mol. The molecule has 3 amide bonds. The Morgan fingerprint density at radius 1 is 1.13 bits per heavy atom. The molecular formula is C28H30FN5O5. The molecule has 0 bridgehead atoms. The van der Waals surface area contributed by atoms with E-state index in [1.165, 1.54) is 24.1 Å². The molecule has 11 heteroatoms. The van der Waals surface area contributed by atoms with Crippen molar-refractivity contribution in [3.63, 3.8) is 0 Å². The number of benzene rings is 2. The number of hydrogen-bond donors (Lipinski definition) is 2. The van der Waals surface area contributed by atoms with Gasteiger partial charge in [0.05, 0.1) is 25.3 Å². The van der Waals surface area contributed by atoms with Crippen molar-refractivity contribution in [1.82, 2.24) is 0 Å². The summed E-state index contributed by atoms with van der Waals surface area (Å²) >= 11 is 0. The fraction of sp³-hybridized carbons (Fsp3) is 0.393. The summed E-state index contributed by atoms with van der Waals surface area (Å²) in [5.41, 5.74) is 4.53. The predicted octanol–water partition coefficient (Wildman–Crippen LogP) is 3.00. The normalized spacial score (nSPS) is 22.8. The minimum atomic E-state index is -0.951. The summed E-state index contributed by atoms with van der Waals surface area (Å²) in [6, 6.07) is 11.1. The topological polar surface area (TPSA) is 138 Å². The van der Waals surface area contributed by atoms with E-state index in [1.54, 1.807) is 43.0 Å². The van der Waals surface area contributed by atoms with Gasteiger partial charge in [-0.15, -0.1) is 0 Å². The van der Waals surface area contributed by atoms with E-state index in [1.807, 2.05) is 0 Å². The van der Waals surface area contributed by atoms with Crippen molar-refractivity contribution in [3.8, 4) is 5.75 Å². The van der Waals surface area contributed by atoms with Gasteiger partial charge in [0.2, 0.25) is 0 Å². The fourth-order valence-corrected chi connectivity index (χ4v) is 5.32. The van der Waals surface area contributed by atoms with E-state index in [2.05, 4.69) is 4.99 Å². The van der Waals surface area contributed by atoms with E-state index in [-0.39, 0.29) is 29.6 Å². The standard InChI is InChI=1S/C28H30FN5O5/c1-27(2)26(37)33(12-13-39-27)16-4-6-17(7-5-16)34-15-28(10-11-28)21(22(30)24(31)35)23(25(34)36)32-20-9-8-18(38-3)14-19(20)29/h4-9,14,21,30H,10-13,15H2,1-3H3,(H2,31,35). The summed E-state index contributed by atoms with van der Waals surface area (Å²) < 4.78 is 25.5. The number of carbonyl (C=O) groups is 3. The highest BCUT2D eigenvalue weighted by Gasteiger charge is 2.60. The Morgan fingerprint density at radius 3 is 2.33 bits per heavy atom. The van der Waals surface area contributed by atoms with E-state index in [0.717, 1.165) is 6.07 Å². The van der Waals surface area contributed by atoms with Crippen LogP contribution in [0.3, 0.4) is 0 Å². The van der Waals surface area contributed by atoms with Gasteiger partial charge in [-0.25, -0.2) is 9.38 Å². The van der Waals surface area contributed by atoms with Gasteiger partial charge in [0.25, 0.3) is 17.7 Å². The van der Waals surface area contributed by atoms with Crippen LogP contribution in [0.15, 0.2) is 47.5 Å². The number of nitrogens with one attached hydrogen (secondary N) is 1. The molecule has 1 unspecified atom stereocenters. The van der Waals surface area contributed by atoms with Gasteiger partial charge in [-0.1, -0.05) is 0 Å². The Hall–Kier alpha value is -4.12. The van der Waals surface area contributed by atoms with Crippen molar-refractivity contribution in [2.75, 3.05) is 36.6 Å². The molecule has 10 nitrogen and oxygen atoms in total.